The topological polar surface area (TPSA) is 55.4 Å². The van der Waals surface area contributed by atoms with Crippen LogP contribution in [-0.4, -0.2) is 18.2 Å². The lowest BCUT2D eigenvalue weighted by atomic mass is 9.72. The molecule has 0 radical (unpaired) electrons. The third-order valence-corrected chi connectivity index (χ3v) is 5.41. The van der Waals surface area contributed by atoms with Crippen molar-refractivity contribution in [1.29, 1.82) is 0 Å². The number of hydroxylamine groups is 1. The molecule has 0 unspecified atom stereocenters. The number of rotatable bonds is 6. The van der Waals surface area contributed by atoms with E-state index in [0.717, 1.165) is 6.42 Å². The number of Topliss-reactive ketones (excluding diaryl/α,β-unsaturated/α-hetero) is 2. The summed E-state index contributed by atoms with van der Waals surface area (Å²) >= 11 is 0. The molecule has 0 amide bonds. The summed E-state index contributed by atoms with van der Waals surface area (Å²) in [5, 5.41) is 0. The standard InChI is InChI=1S/C20H33NO3/c1-3-10-17(21-24-4-2)20-18(22)13-16(14-19(20)23)15-11-8-6-5-7-9-12-15/h15-16,21H,3-14H2,1-2H3. The summed E-state index contributed by atoms with van der Waals surface area (Å²) < 4.78 is 0. The van der Waals surface area contributed by atoms with E-state index >= 15 is 0 Å². The number of hydrogen-bond acceptors (Lipinski definition) is 4. The minimum Gasteiger partial charge on any atom is -0.294 e. The van der Waals surface area contributed by atoms with Crippen LogP contribution in [0.25, 0.3) is 0 Å². The van der Waals surface area contributed by atoms with Crippen LogP contribution >= 0.6 is 0 Å². The Bertz CT molecular complexity index is 442. The Labute approximate surface area is 146 Å². The lowest BCUT2D eigenvalue weighted by Gasteiger charge is -2.32. The van der Waals surface area contributed by atoms with Crippen LogP contribution in [0.2, 0.25) is 0 Å². The van der Waals surface area contributed by atoms with Gasteiger partial charge in [0, 0.05) is 12.8 Å². The van der Waals surface area contributed by atoms with Crippen molar-refractivity contribution in [3.63, 3.8) is 0 Å². The van der Waals surface area contributed by atoms with Crippen molar-refractivity contribution in [1.82, 2.24) is 5.48 Å². The van der Waals surface area contributed by atoms with Crippen molar-refractivity contribution >= 4 is 11.6 Å². The van der Waals surface area contributed by atoms with Gasteiger partial charge in [0.15, 0.2) is 11.6 Å². The minimum atomic E-state index is 0.0222. The normalized spacial score (nSPS) is 23.8. The van der Waals surface area contributed by atoms with E-state index in [-0.39, 0.29) is 17.5 Å². The zero-order valence-corrected chi connectivity index (χ0v) is 15.4. The summed E-state index contributed by atoms with van der Waals surface area (Å²) in [7, 11) is 0. The molecule has 2 aliphatic rings. The molecule has 0 atom stereocenters. The minimum absolute atomic E-state index is 0.0222. The number of nitrogens with one attached hydrogen (secondary N) is 1. The van der Waals surface area contributed by atoms with Crippen LogP contribution in [0.1, 0.15) is 84.5 Å². The van der Waals surface area contributed by atoms with Gasteiger partial charge in [-0.05, 0) is 25.2 Å². The molecule has 0 spiro atoms. The second-order valence-electron chi connectivity index (χ2n) is 7.26. The number of hydrogen-bond donors (Lipinski definition) is 1. The fourth-order valence-electron chi connectivity index (χ4n) is 4.17. The van der Waals surface area contributed by atoms with Gasteiger partial charge in [-0.25, -0.2) is 0 Å². The maximum absolute atomic E-state index is 12.7. The molecule has 2 fully saturated rings. The van der Waals surface area contributed by atoms with E-state index in [1.165, 1.54) is 44.9 Å². The zero-order chi connectivity index (χ0) is 17.4. The highest BCUT2D eigenvalue weighted by molar-refractivity contribution is 6.22. The van der Waals surface area contributed by atoms with Gasteiger partial charge in [-0.15, -0.1) is 0 Å². The molecule has 0 aliphatic heterocycles. The fraction of sp³-hybridized carbons (Fsp3) is 0.800. The molecule has 2 rings (SSSR count). The lowest BCUT2D eigenvalue weighted by Crippen LogP contribution is -2.33. The Balaban J connectivity index is 2.09. The molecule has 0 heterocycles. The molecule has 4 heteroatoms. The van der Waals surface area contributed by atoms with Crippen molar-refractivity contribution in [2.45, 2.75) is 84.5 Å². The molecule has 0 aromatic carbocycles. The highest BCUT2D eigenvalue weighted by Crippen LogP contribution is 2.37. The van der Waals surface area contributed by atoms with Gasteiger partial charge in [-0.1, -0.05) is 58.3 Å². The SMILES string of the molecule is CCCC(NOCC)=C1C(=O)CC(C2CCCCCCC2)CC1=O. The number of carbonyl (C=O) groups excluding carboxylic acids is 2. The molecule has 0 aromatic rings. The van der Waals surface area contributed by atoms with E-state index in [0.29, 0.717) is 43.1 Å². The van der Waals surface area contributed by atoms with Gasteiger partial charge in [0.25, 0.3) is 0 Å². The van der Waals surface area contributed by atoms with Crippen LogP contribution in [0.5, 0.6) is 0 Å². The number of allylic oxidation sites excluding steroid dienone is 2. The highest BCUT2D eigenvalue weighted by Gasteiger charge is 2.36. The molecule has 2 saturated carbocycles. The molecular weight excluding hydrogens is 302 g/mol. The molecule has 136 valence electrons. The van der Waals surface area contributed by atoms with Gasteiger partial charge in [-0.3, -0.25) is 19.9 Å². The summed E-state index contributed by atoms with van der Waals surface area (Å²) in [4.78, 5) is 30.7. The van der Waals surface area contributed by atoms with Crippen LogP contribution in [0, 0.1) is 11.8 Å². The Morgan fingerprint density at radius 3 is 2.08 bits per heavy atom. The van der Waals surface area contributed by atoms with E-state index < -0.39 is 0 Å². The first-order valence-corrected chi connectivity index (χ1v) is 9.84. The van der Waals surface area contributed by atoms with Crippen molar-refractivity contribution < 1.29 is 14.4 Å². The summed E-state index contributed by atoms with van der Waals surface area (Å²) in [5.41, 5.74) is 3.92. The van der Waals surface area contributed by atoms with Crippen molar-refractivity contribution in [2.24, 2.45) is 11.8 Å². The van der Waals surface area contributed by atoms with Crippen LogP contribution in [0.15, 0.2) is 11.3 Å². The Kier molecular flexibility index (Phi) is 7.97. The van der Waals surface area contributed by atoms with Crippen molar-refractivity contribution in [2.75, 3.05) is 6.61 Å². The van der Waals surface area contributed by atoms with Crippen LogP contribution in [0.4, 0.5) is 0 Å². The fourth-order valence-corrected chi connectivity index (χ4v) is 4.17. The predicted molar refractivity (Wildman–Crippen MR) is 95.2 cm³/mol. The van der Waals surface area contributed by atoms with Gasteiger partial charge in [0.05, 0.1) is 17.9 Å². The average Bonchev–Trinajstić information content (AvgIpc) is 2.51. The molecule has 0 aromatic heterocycles. The predicted octanol–water partition coefficient (Wildman–Crippen LogP) is 4.49. The second kappa shape index (κ2) is 9.97. The van der Waals surface area contributed by atoms with Gasteiger partial charge in [-0.2, -0.15) is 0 Å². The first-order valence-electron chi connectivity index (χ1n) is 9.84. The largest absolute Gasteiger partial charge is 0.294 e. The molecular formula is C20H33NO3. The Morgan fingerprint density at radius 2 is 1.54 bits per heavy atom. The Hall–Kier alpha value is -1.16. The Morgan fingerprint density at radius 1 is 0.958 bits per heavy atom. The highest BCUT2D eigenvalue weighted by atomic mass is 16.6. The van der Waals surface area contributed by atoms with E-state index in [2.05, 4.69) is 5.48 Å². The van der Waals surface area contributed by atoms with E-state index in [1.807, 2.05) is 13.8 Å². The summed E-state index contributed by atoms with van der Waals surface area (Å²) in [6.45, 7) is 4.44. The molecule has 4 nitrogen and oxygen atoms in total. The average molecular weight is 335 g/mol. The van der Waals surface area contributed by atoms with Crippen LogP contribution in [-0.2, 0) is 14.4 Å². The number of ketones is 2. The molecule has 24 heavy (non-hydrogen) atoms. The maximum Gasteiger partial charge on any atom is 0.168 e. The second-order valence-corrected chi connectivity index (χ2v) is 7.26. The van der Waals surface area contributed by atoms with Crippen molar-refractivity contribution in [3.05, 3.63) is 11.3 Å². The maximum atomic E-state index is 12.7. The van der Waals surface area contributed by atoms with Gasteiger partial charge < -0.3 is 0 Å². The van der Waals surface area contributed by atoms with Gasteiger partial charge in [0.1, 0.15) is 0 Å². The first kappa shape index (κ1) is 19.2. The molecule has 1 N–H and O–H groups in total. The zero-order valence-electron chi connectivity index (χ0n) is 15.4. The quantitative estimate of drug-likeness (QED) is 0.441. The third-order valence-electron chi connectivity index (χ3n) is 5.41. The van der Waals surface area contributed by atoms with Crippen molar-refractivity contribution in [3.8, 4) is 0 Å². The third kappa shape index (κ3) is 5.17. The smallest absolute Gasteiger partial charge is 0.168 e. The van der Waals surface area contributed by atoms with E-state index in [1.54, 1.807) is 0 Å². The van der Waals surface area contributed by atoms with Crippen LogP contribution in [0.3, 0.4) is 0 Å². The monoisotopic (exact) mass is 335 g/mol. The summed E-state index contributed by atoms with van der Waals surface area (Å²) in [6.07, 6.45) is 11.4. The summed E-state index contributed by atoms with van der Waals surface area (Å²) in [6, 6.07) is 0. The molecule has 2 aliphatic carbocycles. The lowest BCUT2D eigenvalue weighted by molar-refractivity contribution is -0.126. The van der Waals surface area contributed by atoms with Gasteiger partial charge >= 0.3 is 0 Å². The first-order chi connectivity index (χ1) is 11.7. The van der Waals surface area contributed by atoms with Gasteiger partial charge in [0.2, 0.25) is 0 Å². The number of carbonyl (C=O) groups is 2. The molecule has 0 saturated heterocycles. The summed E-state index contributed by atoms with van der Waals surface area (Å²) in [5.74, 6) is 0.846. The van der Waals surface area contributed by atoms with E-state index in [4.69, 9.17) is 4.84 Å². The molecule has 0 bridgehead atoms. The van der Waals surface area contributed by atoms with Crippen LogP contribution < -0.4 is 5.48 Å². The van der Waals surface area contributed by atoms with E-state index in [9.17, 15) is 9.59 Å².